The molecule has 0 saturated heterocycles. The van der Waals surface area contributed by atoms with Gasteiger partial charge in [0, 0.05) is 13.6 Å². The lowest BCUT2D eigenvalue weighted by molar-refractivity contribution is -0.137. The lowest BCUT2D eigenvalue weighted by Crippen LogP contribution is -2.37. The summed E-state index contributed by atoms with van der Waals surface area (Å²) < 4.78 is 40.7. The Kier molecular flexibility index (Phi) is 6.71. The third-order valence-electron chi connectivity index (χ3n) is 4.57. The molecule has 2 N–H and O–H groups in total. The number of hydrogen-bond donors (Lipinski definition) is 2. The first-order valence-electron chi connectivity index (χ1n) is 9.40. The molecule has 3 rings (SSSR count). The predicted octanol–water partition coefficient (Wildman–Crippen LogP) is 3.58. The fourth-order valence-electron chi connectivity index (χ4n) is 2.74. The van der Waals surface area contributed by atoms with Crippen molar-refractivity contribution in [1.82, 2.24) is 25.4 Å². The van der Waals surface area contributed by atoms with Gasteiger partial charge >= 0.3 is 6.18 Å². The van der Waals surface area contributed by atoms with Crippen LogP contribution in [0, 0.1) is 6.92 Å². The van der Waals surface area contributed by atoms with Gasteiger partial charge < -0.3 is 15.2 Å². The summed E-state index contributed by atoms with van der Waals surface area (Å²) >= 11 is 0. The molecule has 0 amide bonds. The van der Waals surface area contributed by atoms with Crippen molar-refractivity contribution in [2.75, 3.05) is 0 Å². The van der Waals surface area contributed by atoms with E-state index in [9.17, 15) is 13.2 Å². The largest absolute Gasteiger partial charge is 0.416 e. The molecular formula is C21H23F3N6. The Labute approximate surface area is 172 Å². The van der Waals surface area contributed by atoms with Crippen LogP contribution in [0.15, 0.2) is 59.6 Å². The molecule has 0 aliphatic rings. The van der Waals surface area contributed by atoms with E-state index in [1.807, 2.05) is 48.9 Å². The lowest BCUT2D eigenvalue weighted by atomic mass is 10.1. The van der Waals surface area contributed by atoms with Crippen LogP contribution >= 0.6 is 0 Å². The highest BCUT2D eigenvalue weighted by molar-refractivity contribution is 5.79. The first-order chi connectivity index (χ1) is 14.3. The van der Waals surface area contributed by atoms with Crippen molar-refractivity contribution in [2.24, 2.45) is 12.0 Å². The van der Waals surface area contributed by atoms with Crippen LogP contribution in [-0.2, 0) is 32.9 Å². The third kappa shape index (κ3) is 5.82. The molecule has 0 fully saturated rings. The molecule has 0 atom stereocenters. The zero-order valence-corrected chi connectivity index (χ0v) is 16.7. The van der Waals surface area contributed by atoms with E-state index >= 15 is 0 Å². The number of hydrogen-bond acceptors (Lipinski definition) is 3. The zero-order chi connectivity index (χ0) is 21.6. The summed E-state index contributed by atoms with van der Waals surface area (Å²) in [4.78, 5) is 4.45. The molecule has 6 nitrogen and oxygen atoms in total. The highest BCUT2D eigenvalue weighted by atomic mass is 19.4. The van der Waals surface area contributed by atoms with Crippen LogP contribution < -0.4 is 10.6 Å². The van der Waals surface area contributed by atoms with Crippen LogP contribution in [0.2, 0.25) is 0 Å². The highest BCUT2D eigenvalue weighted by Crippen LogP contribution is 2.29. The second-order valence-corrected chi connectivity index (χ2v) is 6.78. The van der Waals surface area contributed by atoms with Gasteiger partial charge in [0.25, 0.3) is 0 Å². The number of halogens is 3. The zero-order valence-electron chi connectivity index (χ0n) is 16.7. The number of alkyl halides is 3. The van der Waals surface area contributed by atoms with Gasteiger partial charge in [-0.1, -0.05) is 42.5 Å². The summed E-state index contributed by atoms with van der Waals surface area (Å²) in [5.41, 5.74) is 0.845. The van der Waals surface area contributed by atoms with E-state index in [4.69, 9.17) is 0 Å². The summed E-state index contributed by atoms with van der Waals surface area (Å²) in [7, 11) is 1.86. The third-order valence-corrected chi connectivity index (χ3v) is 4.57. The summed E-state index contributed by atoms with van der Waals surface area (Å²) in [6.45, 7) is 2.85. The van der Waals surface area contributed by atoms with E-state index in [0.29, 0.717) is 24.6 Å². The van der Waals surface area contributed by atoms with E-state index < -0.39 is 11.7 Å². The molecule has 0 bridgehead atoms. The Morgan fingerprint density at radius 3 is 2.33 bits per heavy atom. The molecule has 0 radical (unpaired) electrons. The SMILES string of the molecule is Cc1nnc(CNC(=NCc2cccc(C(F)(F)F)c2)NCc2ccccc2)n1C. The minimum Gasteiger partial charge on any atom is -0.352 e. The van der Waals surface area contributed by atoms with Crippen molar-refractivity contribution in [3.63, 3.8) is 0 Å². The number of nitrogens with one attached hydrogen (secondary N) is 2. The topological polar surface area (TPSA) is 67.1 Å². The van der Waals surface area contributed by atoms with Gasteiger partial charge in [-0.15, -0.1) is 10.2 Å². The summed E-state index contributed by atoms with van der Waals surface area (Å²) in [5, 5.41) is 14.5. The molecule has 3 aromatic rings. The molecule has 0 spiro atoms. The van der Waals surface area contributed by atoms with Crippen molar-refractivity contribution in [2.45, 2.75) is 32.7 Å². The Bertz CT molecular complexity index is 995. The Morgan fingerprint density at radius 1 is 0.967 bits per heavy atom. The van der Waals surface area contributed by atoms with E-state index in [0.717, 1.165) is 29.3 Å². The van der Waals surface area contributed by atoms with Crippen LogP contribution in [-0.4, -0.2) is 20.7 Å². The van der Waals surface area contributed by atoms with Crippen LogP contribution in [0.1, 0.15) is 28.3 Å². The van der Waals surface area contributed by atoms with Crippen LogP contribution in [0.25, 0.3) is 0 Å². The molecule has 0 saturated carbocycles. The molecule has 1 aromatic heterocycles. The van der Waals surface area contributed by atoms with Gasteiger partial charge in [-0.3, -0.25) is 0 Å². The minimum absolute atomic E-state index is 0.103. The van der Waals surface area contributed by atoms with E-state index in [1.165, 1.54) is 6.07 Å². The van der Waals surface area contributed by atoms with E-state index in [-0.39, 0.29) is 6.54 Å². The first kappa shape index (κ1) is 21.4. The number of aromatic nitrogens is 3. The first-order valence-corrected chi connectivity index (χ1v) is 9.40. The van der Waals surface area contributed by atoms with Crippen molar-refractivity contribution in [3.8, 4) is 0 Å². The van der Waals surface area contributed by atoms with Gasteiger partial charge in [-0.2, -0.15) is 13.2 Å². The molecule has 0 unspecified atom stereocenters. The van der Waals surface area contributed by atoms with Gasteiger partial charge in [-0.05, 0) is 30.2 Å². The summed E-state index contributed by atoms with van der Waals surface area (Å²) in [6.07, 6.45) is -4.38. The van der Waals surface area contributed by atoms with Crippen molar-refractivity contribution in [1.29, 1.82) is 0 Å². The smallest absolute Gasteiger partial charge is 0.352 e. The van der Waals surface area contributed by atoms with E-state index in [1.54, 1.807) is 6.07 Å². The maximum atomic E-state index is 12.9. The van der Waals surface area contributed by atoms with E-state index in [2.05, 4.69) is 25.8 Å². The number of aliphatic imine (C=N–C) groups is 1. The molecule has 0 aliphatic carbocycles. The molecule has 158 valence electrons. The highest BCUT2D eigenvalue weighted by Gasteiger charge is 2.30. The standard InChI is InChI=1S/C21H23F3N6/c1-15-28-29-19(30(15)2)14-27-20(25-12-16-7-4-3-5-8-16)26-13-17-9-6-10-18(11-17)21(22,23)24/h3-11H,12-14H2,1-2H3,(H2,25,26,27). The Morgan fingerprint density at radius 2 is 1.67 bits per heavy atom. The van der Waals surface area contributed by atoms with Crippen molar-refractivity contribution in [3.05, 3.63) is 82.9 Å². The Hall–Kier alpha value is -3.36. The van der Waals surface area contributed by atoms with Gasteiger partial charge in [0.2, 0.25) is 0 Å². The molecule has 9 heteroatoms. The maximum absolute atomic E-state index is 12.9. The molecule has 2 aromatic carbocycles. The lowest BCUT2D eigenvalue weighted by Gasteiger charge is -2.13. The van der Waals surface area contributed by atoms with Crippen molar-refractivity contribution >= 4 is 5.96 Å². The van der Waals surface area contributed by atoms with Crippen LogP contribution in [0.3, 0.4) is 0 Å². The minimum atomic E-state index is -4.38. The predicted molar refractivity (Wildman–Crippen MR) is 108 cm³/mol. The molecular weight excluding hydrogens is 393 g/mol. The summed E-state index contributed by atoms with van der Waals surface area (Å²) in [6, 6.07) is 14.9. The number of nitrogens with zero attached hydrogens (tertiary/aromatic N) is 4. The van der Waals surface area contributed by atoms with Crippen LogP contribution in [0.5, 0.6) is 0 Å². The number of rotatable bonds is 6. The monoisotopic (exact) mass is 416 g/mol. The molecule has 1 heterocycles. The van der Waals surface area contributed by atoms with Gasteiger partial charge in [0.15, 0.2) is 11.8 Å². The second-order valence-electron chi connectivity index (χ2n) is 6.78. The average Bonchev–Trinajstić information content (AvgIpc) is 3.05. The number of guanidine groups is 1. The fourth-order valence-corrected chi connectivity index (χ4v) is 2.74. The quantitative estimate of drug-likeness (QED) is 0.476. The van der Waals surface area contributed by atoms with Crippen LogP contribution in [0.4, 0.5) is 13.2 Å². The fraction of sp³-hybridized carbons (Fsp3) is 0.286. The number of benzene rings is 2. The average molecular weight is 416 g/mol. The summed E-state index contributed by atoms with van der Waals surface area (Å²) in [5.74, 6) is 1.98. The molecule has 30 heavy (non-hydrogen) atoms. The second kappa shape index (κ2) is 9.43. The Balaban J connectivity index is 1.73. The van der Waals surface area contributed by atoms with Gasteiger partial charge in [0.1, 0.15) is 5.82 Å². The maximum Gasteiger partial charge on any atom is 0.416 e. The van der Waals surface area contributed by atoms with Crippen molar-refractivity contribution < 1.29 is 13.2 Å². The molecule has 0 aliphatic heterocycles. The van der Waals surface area contributed by atoms with Gasteiger partial charge in [0.05, 0.1) is 18.7 Å². The normalized spacial score (nSPS) is 12.1. The van der Waals surface area contributed by atoms with Gasteiger partial charge in [-0.25, -0.2) is 4.99 Å². The number of aryl methyl sites for hydroxylation is 1.